The quantitative estimate of drug-likeness (QED) is 0.839. The van der Waals surface area contributed by atoms with Gasteiger partial charge in [-0.3, -0.25) is 4.79 Å². The first kappa shape index (κ1) is 13.9. The van der Waals surface area contributed by atoms with Crippen LogP contribution in [0, 0.1) is 0 Å². The standard InChI is InChI=1S/C14H17BrO2S/c1-14(6-3-7-18-14)13(16)9-10-8-11(15)4-5-12(10)17-2/h4-5,8H,3,6-7,9H2,1-2H3. The van der Waals surface area contributed by atoms with Gasteiger partial charge in [0.1, 0.15) is 5.75 Å². The molecule has 1 saturated heterocycles. The van der Waals surface area contributed by atoms with Crippen LogP contribution in [0.25, 0.3) is 0 Å². The van der Waals surface area contributed by atoms with Gasteiger partial charge in [-0.05, 0) is 43.7 Å². The summed E-state index contributed by atoms with van der Waals surface area (Å²) in [6, 6.07) is 5.80. The molecule has 0 radical (unpaired) electrons. The fourth-order valence-electron chi connectivity index (χ4n) is 2.24. The number of methoxy groups -OCH3 is 1. The average molecular weight is 329 g/mol. The highest BCUT2D eigenvalue weighted by atomic mass is 79.9. The number of Topliss-reactive ketones (excluding diaryl/α,β-unsaturated/α-hetero) is 1. The van der Waals surface area contributed by atoms with Crippen molar-refractivity contribution in [1.82, 2.24) is 0 Å². The molecule has 18 heavy (non-hydrogen) atoms. The van der Waals surface area contributed by atoms with Gasteiger partial charge in [0.15, 0.2) is 5.78 Å². The third-order valence-electron chi connectivity index (χ3n) is 3.40. The van der Waals surface area contributed by atoms with E-state index in [1.165, 1.54) is 0 Å². The van der Waals surface area contributed by atoms with E-state index >= 15 is 0 Å². The highest BCUT2D eigenvalue weighted by Gasteiger charge is 2.36. The minimum absolute atomic E-state index is 0.201. The van der Waals surface area contributed by atoms with Gasteiger partial charge in [0.2, 0.25) is 0 Å². The van der Waals surface area contributed by atoms with Crippen molar-refractivity contribution < 1.29 is 9.53 Å². The van der Waals surface area contributed by atoms with Gasteiger partial charge in [0.25, 0.3) is 0 Å². The summed E-state index contributed by atoms with van der Waals surface area (Å²) in [5.74, 6) is 2.19. The van der Waals surface area contributed by atoms with Gasteiger partial charge < -0.3 is 4.74 Å². The molecule has 2 rings (SSSR count). The smallest absolute Gasteiger partial charge is 0.153 e. The van der Waals surface area contributed by atoms with E-state index in [1.54, 1.807) is 18.9 Å². The molecule has 1 fully saturated rings. The summed E-state index contributed by atoms with van der Waals surface area (Å²) in [5.41, 5.74) is 0.964. The van der Waals surface area contributed by atoms with Crippen LogP contribution in [0.2, 0.25) is 0 Å². The number of ether oxygens (including phenoxy) is 1. The van der Waals surface area contributed by atoms with Gasteiger partial charge >= 0.3 is 0 Å². The lowest BCUT2D eigenvalue weighted by atomic mass is 9.94. The van der Waals surface area contributed by atoms with Crippen molar-refractivity contribution in [3.05, 3.63) is 28.2 Å². The van der Waals surface area contributed by atoms with Gasteiger partial charge in [-0.2, -0.15) is 0 Å². The molecule has 0 bridgehead atoms. The highest BCUT2D eigenvalue weighted by Crippen LogP contribution is 2.39. The second kappa shape index (κ2) is 5.66. The van der Waals surface area contributed by atoms with Crippen LogP contribution in [0.4, 0.5) is 0 Å². The molecule has 0 spiro atoms. The number of thioether (sulfide) groups is 1. The van der Waals surface area contributed by atoms with Crippen LogP contribution in [0.1, 0.15) is 25.3 Å². The lowest BCUT2D eigenvalue weighted by molar-refractivity contribution is -0.120. The van der Waals surface area contributed by atoms with Crippen molar-refractivity contribution in [2.75, 3.05) is 12.9 Å². The van der Waals surface area contributed by atoms with Gasteiger partial charge in [0.05, 0.1) is 11.9 Å². The Kier molecular flexibility index (Phi) is 4.38. The minimum Gasteiger partial charge on any atom is -0.496 e. The monoisotopic (exact) mass is 328 g/mol. The van der Waals surface area contributed by atoms with E-state index in [0.717, 1.165) is 34.4 Å². The summed E-state index contributed by atoms with van der Waals surface area (Å²) in [6.07, 6.45) is 2.58. The number of carbonyl (C=O) groups is 1. The van der Waals surface area contributed by atoms with Gasteiger partial charge in [-0.1, -0.05) is 15.9 Å². The lowest BCUT2D eigenvalue weighted by Gasteiger charge is -2.21. The lowest BCUT2D eigenvalue weighted by Crippen LogP contribution is -2.30. The molecular formula is C14H17BrO2S. The summed E-state index contributed by atoms with van der Waals surface area (Å²) < 4.78 is 6.10. The van der Waals surface area contributed by atoms with Crippen molar-refractivity contribution in [1.29, 1.82) is 0 Å². The SMILES string of the molecule is COc1ccc(Br)cc1CC(=O)C1(C)CCCS1. The molecule has 0 aromatic heterocycles. The first-order chi connectivity index (χ1) is 8.55. The van der Waals surface area contributed by atoms with Crippen LogP contribution in [0.15, 0.2) is 22.7 Å². The first-order valence-corrected chi connectivity index (χ1v) is 7.83. The molecule has 1 aliphatic rings. The van der Waals surface area contributed by atoms with Gasteiger partial charge in [-0.25, -0.2) is 0 Å². The fraction of sp³-hybridized carbons (Fsp3) is 0.500. The van der Waals surface area contributed by atoms with Crippen LogP contribution < -0.4 is 4.74 Å². The van der Waals surface area contributed by atoms with Gasteiger partial charge in [-0.15, -0.1) is 11.8 Å². The maximum Gasteiger partial charge on any atom is 0.153 e. The third kappa shape index (κ3) is 2.91. The van der Waals surface area contributed by atoms with Gasteiger partial charge in [0, 0.05) is 16.5 Å². The number of hydrogen-bond acceptors (Lipinski definition) is 3. The Morgan fingerprint density at radius 2 is 2.33 bits per heavy atom. The molecule has 4 heteroatoms. The number of benzene rings is 1. The highest BCUT2D eigenvalue weighted by molar-refractivity contribution is 9.10. The number of carbonyl (C=O) groups excluding carboxylic acids is 1. The Morgan fingerprint density at radius 1 is 1.56 bits per heavy atom. The molecule has 1 aromatic carbocycles. The molecule has 0 aliphatic carbocycles. The van der Waals surface area contributed by atoms with Crippen LogP contribution in [0.3, 0.4) is 0 Å². The second-order valence-electron chi connectivity index (χ2n) is 4.74. The minimum atomic E-state index is -0.201. The Hall–Kier alpha value is -0.480. The van der Waals surface area contributed by atoms with Crippen molar-refractivity contribution in [2.24, 2.45) is 0 Å². The molecule has 0 saturated carbocycles. The summed E-state index contributed by atoms with van der Waals surface area (Å²) in [6.45, 7) is 2.07. The normalized spacial score (nSPS) is 23.1. The molecule has 98 valence electrons. The zero-order valence-electron chi connectivity index (χ0n) is 10.7. The van der Waals surface area contributed by atoms with E-state index in [0.29, 0.717) is 12.2 Å². The van der Waals surface area contributed by atoms with Crippen LogP contribution >= 0.6 is 27.7 Å². The van der Waals surface area contributed by atoms with E-state index < -0.39 is 0 Å². The van der Waals surface area contributed by atoms with Crippen LogP contribution in [0.5, 0.6) is 5.75 Å². The van der Waals surface area contributed by atoms with E-state index in [9.17, 15) is 4.79 Å². The van der Waals surface area contributed by atoms with Crippen molar-refractivity contribution in [2.45, 2.75) is 30.9 Å². The van der Waals surface area contributed by atoms with E-state index in [2.05, 4.69) is 22.9 Å². The van der Waals surface area contributed by atoms with E-state index in [1.807, 2.05) is 18.2 Å². The zero-order chi connectivity index (χ0) is 13.2. The molecule has 0 N–H and O–H groups in total. The molecule has 1 unspecified atom stereocenters. The third-order valence-corrected chi connectivity index (χ3v) is 5.46. The molecule has 1 aliphatic heterocycles. The molecule has 1 atom stereocenters. The average Bonchev–Trinajstić information content (AvgIpc) is 2.78. The largest absolute Gasteiger partial charge is 0.496 e. The van der Waals surface area contributed by atoms with E-state index in [-0.39, 0.29) is 4.75 Å². The van der Waals surface area contributed by atoms with Crippen LogP contribution in [-0.2, 0) is 11.2 Å². The first-order valence-electron chi connectivity index (χ1n) is 6.05. The maximum absolute atomic E-state index is 12.4. The molecule has 1 heterocycles. The Bertz CT molecular complexity index is 453. The number of rotatable bonds is 4. The van der Waals surface area contributed by atoms with Crippen molar-refractivity contribution in [3.8, 4) is 5.75 Å². The molecule has 0 amide bonds. The molecular weight excluding hydrogens is 312 g/mol. The van der Waals surface area contributed by atoms with Crippen molar-refractivity contribution >= 4 is 33.5 Å². The molecule has 1 aromatic rings. The summed E-state index contributed by atoms with van der Waals surface area (Å²) in [5, 5.41) is 0. The number of halogens is 1. The molecule has 2 nitrogen and oxygen atoms in total. The Balaban J connectivity index is 2.18. The Morgan fingerprint density at radius 3 is 2.94 bits per heavy atom. The maximum atomic E-state index is 12.4. The zero-order valence-corrected chi connectivity index (χ0v) is 13.1. The predicted octanol–water partition coefficient (Wildman–Crippen LogP) is 3.86. The second-order valence-corrected chi connectivity index (χ2v) is 7.25. The topological polar surface area (TPSA) is 26.3 Å². The summed E-state index contributed by atoms with van der Waals surface area (Å²) in [4.78, 5) is 12.4. The summed E-state index contributed by atoms with van der Waals surface area (Å²) in [7, 11) is 1.64. The van der Waals surface area contributed by atoms with Crippen LogP contribution in [-0.4, -0.2) is 23.4 Å². The predicted molar refractivity (Wildman–Crippen MR) is 79.5 cm³/mol. The van der Waals surface area contributed by atoms with Crippen molar-refractivity contribution in [3.63, 3.8) is 0 Å². The number of hydrogen-bond donors (Lipinski definition) is 0. The van der Waals surface area contributed by atoms with E-state index in [4.69, 9.17) is 4.74 Å². The fourth-order valence-corrected chi connectivity index (χ4v) is 3.91. The Labute approximate surface area is 121 Å². The summed E-state index contributed by atoms with van der Waals surface area (Å²) >= 11 is 5.23. The number of ketones is 1.